The maximum absolute atomic E-state index is 12.2. The van der Waals surface area contributed by atoms with Crippen LogP contribution in [-0.2, 0) is 16.1 Å². The number of aromatic nitrogens is 1. The average Bonchev–Trinajstić information content (AvgIpc) is 2.66. The Balaban J connectivity index is 1.56. The lowest BCUT2D eigenvalue weighted by Crippen LogP contribution is -2.45. The number of nitrogens with zero attached hydrogens (tertiary/aromatic N) is 2. The third-order valence-corrected chi connectivity index (χ3v) is 4.53. The molecule has 27 heavy (non-hydrogen) atoms. The molecular formula is C21H25N3O3. The molecule has 1 N–H and O–H groups in total. The fraction of sp³-hybridized carbons (Fsp3) is 0.381. The van der Waals surface area contributed by atoms with Crippen LogP contribution in [0.3, 0.4) is 0 Å². The Hall–Kier alpha value is -2.73. The number of anilines is 1. The van der Waals surface area contributed by atoms with Crippen molar-refractivity contribution in [3.8, 4) is 0 Å². The number of Topliss-reactive ketones (excluding diaryl/α,β-unsaturated/α-hetero) is 1. The normalized spacial score (nSPS) is 19.6. The SMILES string of the molecule is Cc1ccc(C(=O)C(=O)NCc2ccc(N3C[C@@H](C)O[C@@H](C)C3)nc2)cc1. The molecule has 0 aliphatic carbocycles. The first-order chi connectivity index (χ1) is 12.9. The quantitative estimate of drug-likeness (QED) is 0.649. The standard InChI is InChI=1S/C21H25N3O3/c1-14-4-7-18(8-5-14)20(25)21(26)23-11-17-6-9-19(22-10-17)24-12-15(2)27-16(3)13-24/h4-10,15-16H,11-13H2,1-3H3,(H,23,26)/t15-,16+. The van der Waals surface area contributed by atoms with Gasteiger partial charge in [-0.25, -0.2) is 4.98 Å². The van der Waals surface area contributed by atoms with Gasteiger partial charge >= 0.3 is 0 Å². The molecule has 0 saturated carbocycles. The van der Waals surface area contributed by atoms with Crippen molar-refractivity contribution in [2.75, 3.05) is 18.0 Å². The van der Waals surface area contributed by atoms with Crippen LogP contribution < -0.4 is 10.2 Å². The van der Waals surface area contributed by atoms with E-state index < -0.39 is 11.7 Å². The van der Waals surface area contributed by atoms with E-state index in [0.717, 1.165) is 30.0 Å². The molecule has 2 heterocycles. The number of nitrogens with one attached hydrogen (secondary N) is 1. The van der Waals surface area contributed by atoms with Crippen molar-refractivity contribution in [3.05, 3.63) is 59.3 Å². The van der Waals surface area contributed by atoms with E-state index in [9.17, 15) is 9.59 Å². The van der Waals surface area contributed by atoms with Crippen LogP contribution in [-0.4, -0.2) is 42.0 Å². The molecule has 1 fully saturated rings. The number of carbonyl (C=O) groups excluding carboxylic acids is 2. The molecule has 6 nitrogen and oxygen atoms in total. The molecule has 0 spiro atoms. The van der Waals surface area contributed by atoms with Crippen LogP contribution in [0.5, 0.6) is 0 Å². The summed E-state index contributed by atoms with van der Waals surface area (Å²) in [7, 11) is 0. The van der Waals surface area contributed by atoms with Crippen LogP contribution in [0, 0.1) is 6.92 Å². The smallest absolute Gasteiger partial charge is 0.292 e. The van der Waals surface area contributed by atoms with E-state index in [2.05, 4.69) is 29.0 Å². The summed E-state index contributed by atoms with van der Waals surface area (Å²) in [6.45, 7) is 7.91. The van der Waals surface area contributed by atoms with Gasteiger partial charge in [-0.15, -0.1) is 0 Å². The first kappa shape index (κ1) is 19.0. The van der Waals surface area contributed by atoms with E-state index >= 15 is 0 Å². The number of ketones is 1. The largest absolute Gasteiger partial charge is 0.372 e. The second-order valence-electron chi connectivity index (χ2n) is 7.06. The molecule has 1 aliphatic rings. The predicted molar refractivity (Wildman–Crippen MR) is 104 cm³/mol. The Labute approximate surface area is 159 Å². The first-order valence-corrected chi connectivity index (χ1v) is 9.17. The molecule has 1 amide bonds. The minimum absolute atomic E-state index is 0.169. The zero-order valence-electron chi connectivity index (χ0n) is 15.9. The summed E-state index contributed by atoms with van der Waals surface area (Å²) >= 11 is 0. The Kier molecular flexibility index (Phi) is 5.86. The van der Waals surface area contributed by atoms with Gasteiger partial charge in [0.25, 0.3) is 5.91 Å². The summed E-state index contributed by atoms with van der Waals surface area (Å²) in [5.74, 6) is -0.252. The van der Waals surface area contributed by atoms with Crippen molar-refractivity contribution in [2.24, 2.45) is 0 Å². The van der Waals surface area contributed by atoms with Crippen LogP contribution in [0.2, 0.25) is 0 Å². The second-order valence-corrected chi connectivity index (χ2v) is 7.06. The summed E-state index contributed by atoms with van der Waals surface area (Å²) in [4.78, 5) is 30.9. The number of aryl methyl sites for hydroxylation is 1. The molecule has 6 heteroatoms. The number of benzene rings is 1. The summed E-state index contributed by atoms with van der Waals surface area (Å²) in [6, 6.07) is 10.8. The summed E-state index contributed by atoms with van der Waals surface area (Å²) in [5.41, 5.74) is 2.28. The molecule has 0 radical (unpaired) electrons. The highest BCUT2D eigenvalue weighted by Crippen LogP contribution is 2.18. The zero-order chi connectivity index (χ0) is 19.4. The molecule has 0 unspecified atom stereocenters. The number of rotatable bonds is 5. The predicted octanol–water partition coefficient (Wildman–Crippen LogP) is 2.50. The molecule has 2 aromatic rings. The zero-order valence-corrected chi connectivity index (χ0v) is 15.9. The maximum atomic E-state index is 12.2. The van der Waals surface area contributed by atoms with E-state index in [0.29, 0.717) is 5.56 Å². The molecule has 1 aromatic heterocycles. The Morgan fingerprint density at radius 3 is 2.37 bits per heavy atom. The number of pyridine rings is 1. The Bertz CT molecular complexity index is 792. The highest BCUT2D eigenvalue weighted by Gasteiger charge is 2.23. The van der Waals surface area contributed by atoms with Crippen LogP contribution in [0.15, 0.2) is 42.6 Å². The average molecular weight is 367 g/mol. The van der Waals surface area contributed by atoms with Crippen LogP contribution in [0.1, 0.15) is 35.3 Å². The number of morpholine rings is 1. The molecule has 3 rings (SSSR count). The summed E-state index contributed by atoms with van der Waals surface area (Å²) in [6.07, 6.45) is 2.07. The van der Waals surface area contributed by atoms with Crippen LogP contribution in [0.25, 0.3) is 0 Å². The minimum atomic E-state index is -0.612. The van der Waals surface area contributed by atoms with Crippen molar-refractivity contribution >= 4 is 17.5 Å². The van der Waals surface area contributed by atoms with Crippen molar-refractivity contribution < 1.29 is 14.3 Å². The number of ether oxygens (including phenoxy) is 1. The van der Waals surface area contributed by atoms with E-state index in [4.69, 9.17) is 4.74 Å². The van der Waals surface area contributed by atoms with E-state index in [1.54, 1.807) is 18.3 Å². The molecule has 142 valence electrons. The van der Waals surface area contributed by atoms with Crippen LogP contribution in [0.4, 0.5) is 5.82 Å². The van der Waals surface area contributed by atoms with Gasteiger partial charge in [-0.3, -0.25) is 9.59 Å². The van der Waals surface area contributed by atoms with Gasteiger partial charge in [0, 0.05) is 31.4 Å². The van der Waals surface area contributed by atoms with Gasteiger partial charge < -0.3 is 15.0 Å². The van der Waals surface area contributed by atoms with Gasteiger partial charge in [0.15, 0.2) is 0 Å². The number of amides is 1. The van der Waals surface area contributed by atoms with Gasteiger partial charge in [-0.2, -0.15) is 0 Å². The summed E-state index contributed by atoms with van der Waals surface area (Å²) in [5, 5.41) is 2.66. The van der Waals surface area contributed by atoms with Crippen molar-refractivity contribution in [3.63, 3.8) is 0 Å². The lowest BCUT2D eigenvalue weighted by Gasteiger charge is -2.36. The van der Waals surface area contributed by atoms with E-state index in [-0.39, 0.29) is 18.8 Å². The highest BCUT2D eigenvalue weighted by atomic mass is 16.5. The van der Waals surface area contributed by atoms with Gasteiger partial charge in [0.05, 0.1) is 12.2 Å². The van der Waals surface area contributed by atoms with Gasteiger partial charge in [0.1, 0.15) is 5.82 Å². The Morgan fingerprint density at radius 1 is 1.11 bits per heavy atom. The third-order valence-electron chi connectivity index (χ3n) is 4.53. The molecule has 0 bridgehead atoms. The van der Waals surface area contributed by atoms with Crippen molar-refractivity contribution in [2.45, 2.75) is 39.5 Å². The molecule has 1 aliphatic heterocycles. The molecule has 1 saturated heterocycles. The number of carbonyl (C=O) groups is 2. The number of hydrogen-bond donors (Lipinski definition) is 1. The minimum Gasteiger partial charge on any atom is -0.372 e. The van der Waals surface area contributed by atoms with Gasteiger partial charge in [-0.1, -0.05) is 35.9 Å². The van der Waals surface area contributed by atoms with Crippen molar-refractivity contribution in [1.82, 2.24) is 10.3 Å². The Morgan fingerprint density at radius 2 is 1.78 bits per heavy atom. The number of hydrogen-bond acceptors (Lipinski definition) is 5. The van der Waals surface area contributed by atoms with Crippen molar-refractivity contribution in [1.29, 1.82) is 0 Å². The fourth-order valence-corrected chi connectivity index (χ4v) is 3.17. The van der Waals surface area contributed by atoms with E-state index in [1.807, 2.05) is 31.2 Å². The molecule has 2 atom stereocenters. The highest BCUT2D eigenvalue weighted by molar-refractivity contribution is 6.42. The monoisotopic (exact) mass is 367 g/mol. The lowest BCUT2D eigenvalue weighted by atomic mass is 10.1. The second kappa shape index (κ2) is 8.31. The van der Waals surface area contributed by atoms with Crippen LogP contribution >= 0.6 is 0 Å². The van der Waals surface area contributed by atoms with E-state index in [1.165, 1.54) is 0 Å². The maximum Gasteiger partial charge on any atom is 0.292 e. The molecular weight excluding hydrogens is 342 g/mol. The topological polar surface area (TPSA) is 71.5 Å². The fourth-order valence-electron chi connectivity index (χ4n) is 3.17. The third kappa shape index (κ3) is 4.92. The first-order valence-electron chi connectivity index (χ1n) is 9.17. The van der Waals surface area contributed by atoms with Gasteiger partial charge in [0.2, 0.25) is 5.78 Å². The molecule has 1 aromatic carbocycles. The summed E-state index contributed by atoms with van der Waals surface area (Å²) < 4.78 is 5.74. The van der Waals surface area contributed by atoms with Gasteiger partial charge in [-0.05, 0) is 32.4 Å². The lowest BCUT2D eigenvalue weighted by molar-refractivity contribution is -0.117.